The molecule has 26 heavy (non-hydrogen) atoms. The van der Waals surface area contributed by atoms with Gasteiger partial charge >= 0.3 is 12.2 Å². The van der Waals surface area contributed by atoms with Gasteiger partial charge < -0.3 is 20.1 Å². The second-order valence-electron chi connectivity index (χ2n) is 7.06. The quantitative estimate of drug-likeness (QED) is 0.771. The van der Waals surface area contributed by atoms with Crippen molar-refractivity contribution in [3.63, 3.8) is 0 Å². The summed E-state index contributed by atoms with van der Waals surface area (Å²) in [5.41, 5.74) is 1.04. The summed E-state index contributed by atoms with van der Waals surface area (Å²) in [6.45, 7) is -1.25. The Bertz CT molecular complexity index is 642. The van der Waals surface area contributed by atoms with Crippen molar-refractivity contribution in [2.75, 3.05) is 20.3 Å². The average Bonchev–Trinajstić information content (AvgIpc) is 3.32. The van der Waals surface area contributed by atoms with Crippen LogP contribution >= 0.6 is 0 Å². The minimum Gasteiger partial charge on any atom is -0.468 e. The van der Waals surface area contributed by atoms with Crippen LogP contribution in [0.1, 0.15) is 37.3 Å². The van der Waals surface area contributed by atoms with Gasteiger partial charge in [-0.3, -0.25) is 0 Å². The second kappa shape index (κ2) is 7.30. The van der Waals surface area contributed by atoms with E-state index in [2.05, 4.69) is 20.4 Å². The summed E-state index contributed by atoms with van der Waals surface area (Å²) in [7, 11) is 1.48. The molecule has 9 heteroatoms. The molecule has 144 valence electrons. The molecule has 1 atom stereocenters. The van der Waals surface area contributed by atoms with Gasteiger partial charge in [-0.15, -0.1) is 0 Å². The van der Waals surface area contributed by atoms with E-state index in [4.69, 9.17) is 4.74 Å². The molecule has 0 aliphatic heterocycles. The van der Waals surface area contributed by atoms with Gasteiger partial charge in [0.25, 0.3) is 0 Å². The molecule has 1 unspecified atom stereocenters. The van der Waals surface area contributed by atoms with Crippen LogP contribution < -0.4 is 15.4 Å². The van der Waals surface area contributed by atoms with E-state index in [0.29, 0.717) is 11.0 Å². The Morgan fingerprint density at radius 1 is 1.42 bits per heavy atom. The van der Waals surface area contributed by atoms with E-state index in [1.165, 1.54) is 32.2 Å². The van der Waals surface area contributed by atoms with E-state index in [0.717, 1.165) is 12.8 Å². The van der Waals surface area contributed by atoms with Gasteiger partial charge in [0.2, 0.25) is 5.88 Å². The maximum Gasteiger partial charge on any atom is 0.422 e. The molecule has 3 rings (SSSR count). The SMILES string of the molecule is COCC(NC(=O)NC1CC2(CC2)C1)c1ccnc(OCC(F)(F)F)c1. The highest BCUT2D eigenvalue weighted by molar-refractivity contribution is 5.75. The zero-order valence-electron chi connectivity index (χ0n) is 14.4. The highest BCUT2D eigenvalue weighted by Crippen LogP contribution is 2.60. The molecule has 2 fully saturated rings. The molecule has 6 nitrogen and oxygen atoms in total. The fourth-order valence-electron chi connectivity index (χ4n) is 3.32. The third-order valence-electron chi connectivity index (χ3n) is 4.83. The Morgan fingerprint density at radius 2 is 2.15 bits per heavy atom. The van der Waals surface area contributed by atoms with E-state index in [9.17, 15) is 18.0 Å². The number of amides is 2. The van der Waals surface area contributed by atoms with Crippen LogP contribution in [0.3, 0.4) is 0 Å². The number of rotatable bonds is 7. The fraction of sp³-hybridized carbons (Fsp3) is 0.647. The summed E-state index contributed by atoms with van der Waals surface area (Å²) < 4.78 is 46.6. The molecule has 0 bridgehead atoms. The Labute approximate surface area is 149 Å². The van der Waals surface area contributed by atoms with Crippen LogP contribution in [0, 0.1) is 5.41 Å². The summed E-state index contributed by atoms with van der Waals surface area (Å²) >= 11 is 0. The molecule has 1 heterocycles. The summed E-state index contributed by atoms with van der Waals surface area (Å²) in [6.07, 6.45) is 1.42. The lowest BCUT2D eigenvalue weighted by molar-refractivity contribution is -0.154. The molecule has 0 saturated heterocycles. The largest absolute Gasteiger partial charge is 0.468 e. The number of nitrogens with one attached hydrogen (secondary N) is 2. The smallest absolute Gasteiger partial charge is 0.422 e. The van der Waals surface area contributed by atoms with Crippen LogP contribution in [0.15, 0.2) is 18.3 Å². The van der Waals surface area contributed by atoms with Crippen molar-refractivity contribution in [3.05, 3.63) is 23.9 Å². The minimum absolute atomic E-state index is 0.155. The Kier molecular flexibility index (Phi) is 5.27. The normalized spacial score (nSPS) is 19.5. The number of hydrogen-bond donors (Lipinski definition) is 2. The van der Waals surface area contributed by atoms with Crippen molar-refractivity contribution in [3.8, 4) is 5.88 Å². The maximum absolute atomic E-state index is 12.3. The number of urea groups is 1. The first kappa shape index (κ1) is 18.8. The molecular formula is C17H22F3N3O3. The third-order valence-corrected chi connectivity index (χ3v) is 4.83. The number of aromatic nitrogens is 1. The van der Waals surface area contributed by atoms with Crippen LogP contribution in [-0.2, 0) is 4.74 Å². The third kappa shape index (κ3) is 5.00. The van der Waals surface area contributed by atoms with Gasteiger partial charge in [-0.05, 0) is 42.7 Å². The number of pyridine rings is 1. The second-order valence-corrected chi connectivity index (χ2v) is 7.06. The molecule has 1 spiro atoms. The highest BCUT2D eigenvalue weighted by atomic mass is 19.4. The monoisotopic (exact) mass is 373 g/mol. The molecular weight excluding hydrogens is 351 g/mol. The average molecular weight is 373 g/mol. The molecule has 1 aromatic heterocycles. The predicted molar refractivity (Wildman–Crippen MR) is 86.8 cm³/mol. The molecule has 1 aromatic rings. The van der Waals surface area contributed by atoms with Crippen LogP contribution in [0.25, 0.3) is 0 Å². The van der Waals surface area contributed by atoms with Gasteiger partial charge in [0, 0.05) is 25.4 Å². The summed E-state index contributed by atoms with van der Waals surface area (Å²) in [5, 5.41) is 5.73. The Balaban J connectivity index is 1.56. The number of hydrogen-bond acceptors (Lipinski definition) is 4. The Hall–Kier alpha value is -2.03. The van der Waals surface area contributed by atoms with Gasteiger partial charge in [-0.2, -0.15) is 13.2 Å². The van der Waals surface area contributed by atoms with Crippen molar-refractivity contribution in [1.29, 1.82) is 0 Å². The van der Waals surface area contributed by atoms with Gasteiger partial charge in [0.15, 0.2) is 6.61 Å². The zero-order chi connectivity index (χ0) is 18.8. The number of carbonyl (C=O) groups excluding carboxylic acids is 1. The molecule has 2 aliphatic carbocycles. The lowest BCUT2D eigenvalue weighted by Crippen LogP contribution is -2.50. The topological polar surface area (TPSA) is 72.5 Å². The van der Waals surface area contributed by atoms with Crippen molar-refractivity contribution in [1.82, 2.24) is 15.6 Å². The highest BCUT2D eigenvalue weighted by Gasteiger charge is 2.53. The summed E-state index contributed by atoms with van der Waals surface area (Å²) in [5.74, 6) is -0.155. The first-order valence-electron chi connectivity index (χ1n) is 8.50. The maximum atomic E-state index is 12.3. The van der Waals surface area contributed by atoms with Crippen molar-refractivity contribution < 1.29 is 27.4 Å². The van der Waals surface area contributed by atoms with Crippen LogP contribution in [-0.4, -0.2) is 43.6 Å². The number of halogens is 3. The van der Waals surface area contributed by atoms with E-state index in [1.54, 1.807) is 6.07 Å². The molecule has 0 radical (unpaired) electrons. The first-order chi connectivity index (χ1) is 12.3. The molecule has 2 saturated carbocycles. The van der Waals surface area contributed by atoms with Gasteiger partial charge in [0.1, 0.15) is 0 Å². The Morgan fingerprint density at radius 3 is 2.77 bits per heavy atom. The van der Waals surface area contributed by atoms with Crippen LogP contribution in [0.5, 0.6) is 5.88 Å². The van der Waals surface area contributed by atoms with Crippen LogP contribution in [0.4, 0.5) is 18.0 Å². The van der Waals surface area contributed by atoms with Gasteiger partial charge in [-0.1, -0.05) is 0 Å². The number of alkyl halides is 3. The van der Waals surface area contributed by atoms with Crippen molar-refractivity contribution in [2.24, 2.45) is 5.41 Å². The number of nitrogens with zero attached hydrogens (tertiary/aromatic N) is 1. The van der Waals surface area contributed by atoms with E-state index in [-0.39, 0.29) is 24.6 Å². The lowest BCUT2D eigenvalue weighted by atomic mass is 9.77. The number of methoxy groups -OCH3 is 1. The zero-order valence-corrected chi connectivity index (χ0v) is 14.4. The molecule has 2 aliphatic rings. The summed E-state index contributed by atoms with van der Waals surface area (Å²) in [4.78, 5) is 16.0. The van der Waals surface area contributed by atoms with Gasteiger partial charge in [-0.25, -0.2) is 9.78 Å². The number of ether oxygens (including phenoxy) is 2. The van der Waals surface area contributed by atoms with Crippen molar-refractivity contribution >= 4 is 6.03 Å². The van der Waals surface area contributed by atoms with Crippen molar-refractivity contribution in [2.45, 2.75) is 43.9 Å². The summed E-state index contributed by atoms with van der Waals surface area (Å²) in [6, 6.07) is 2.32. The predicted octanol–water partition coefficient (Wildman–Crippen LogP) is 2.95. The standard InChI is InChI=1S/C17H22F3N3O3/c1-25-9-13(23-15(24)22-12-7-16(8-12)3-4-16)11-2-5-21-14(6-11)26-10-17(18,19)20/h2,5-6,12-13H,3-4,7-10H2,1H3,(H2,22,23,24). The van der Waals surface area contributed by atoms with E-state index < -0.39 is 18.8 Å². The van der Waals surface area contributed by atoms with E-state index >= 15 is 0 Å². The number of carbonyl (C=O) groups is 1. The minimum atomic E-state index is -4.44. The fourth-order valence-corrected chi connectivity index (χ4v) is 3.32. The van der Waals surface area contributed by atoms with E-state index in [1.807, 2.05) is 0 Å². The lowest BCUT2D eigenvalue weighted by Gasteiger charge is -2.36. The van der Waals surface area contributed by atoms with Gasteiger partial charge in [0.05, 0.1) is 12.6 Å². The van der Waals surface area contributed by atoms with Crippen LogP contribution in [0.2, 0.25) is 0 Å². The first-order valence-corrected chi connectivity index (χ1v) is 8.50. The molecule has 0 aromatic carbocycles. The molecule has 2 N–H and O–H groups in total. The molecule has 2 amide bonds.